The molecule has 1 aliphatic heterocycles. The van der Waals surface area contributed by atoms with E-state index >= 15 is 0 Å². The van der Waals surface area contributed by atoms with Crippen LogP contribution in [0.4, 0.5) is 5.69 Å². The van der Waals surface area contributed by atoms with Crippen molar-refractivity contribution < 1.29 is 0 Å². The van der Waals surface area contributed by atoms with Crippen LogP contribution in [-0.2, 0) is 0 Å². The third-order valence-corrected chi connectivity index (χ3v) is 3.93. The van der Waals surface area contributed by atoms with E-state index in [4.69, 9.17) is 11.6 Å². The summed E-state index contributed by atoms with van der Waals surface area (Å²) in [4.78, 5) is 4.99. The van der Waals surface area contributed by atoms with Gasteiger partial charge in [0.15, 0.2) is 0 Å². The summed E-state index contributed by atoms with van der Waals surface area (Å²) < 4.78 is 0. The normalized spacial score (nSPS) is 16.8. The standard InChI is InChI=1S/C15H24ClN3/c1-17-7-2-3-8-18-9-11-19(12-10-18)15-6-4-5-14(16)13-15/h4-6,13,17H,2-3,7-12H2,1H3. The summed E-state index contributed by atoms with van der Waals surface area (Å²) in [6.45, 7) is 6.88. The van der Waals surface area contributed by atoms with Gasteiger partial charge in [0.05, 0.1) is 0 Å². The van der Waals surface area contributed by atoms with E-state index in [0.29, 0.717) is 0 Å². The predicted octanol–water partition coefficient (Wildman–Crippen LogP) is 2.46. The number of halogens is 1. The minimum Gasteiger partial charge on any atom is -0.369 e. The first-order valence-corrected chi connectivity index (χ1v) is 7.55. The van der Waals surface area contributed by atoms with Crippen molar-refractivity contribution in [2.75, 3.05) is 51.2 Å². The predicted molar refractivity (Wildman–Crippen MR) is 83.3 cm³/mol. The zero-order valence-electron chi connectivity index (χ0n) is 11.7. The van der Waals surface area contributed by atoms with Gasteiger partial charge in [0.1, 0.15) is 0 Å². The average Bonchev–Trinajstić information content (AvgIpc) is 2.44. The molecule has 0 saturated carbocycles. The minimum absolute atomic E-state index is 0.826. The Hall–Kier alpha value is -0.770. The van der Waals surface area contributed by atoms with Crippen LogP contribution in [0.3, 0.4) is 0 Å². The van der Waals surface area contributed by atoms with E-state index < -0.39 is 0 Å². The van der Waals surface area contributed by atoms with Crippen molar-refractivity contribution in [1.29, 1.82) is 0 Å². The molecule has 0 unspecified atom stereocenters. The van der Waals surface area contributed by atoms with Crippen molar-refractivity contribution in [3.63, 3.8) is 0 Å². The van der Waals surface area contributed by atoms with Gasteiger partial charge < -0.3 is 10.2 Å². The first-order chi connectivity index (χ1) is 9.29. The maximum atomic E-state index is 6.05. The van der Waals surface area contributed by atoms with Crippen LogP contribution in [0.2, 0.25) is 5.02 Å². The molecule has 1 aliphatic rings. The Morgan fingerprint density at radius 2 is 1.95 bits per heavy atom. The number of anilines is 1. The topological polar surface area (TPSA) is 18.5 Å². The SMILES string of the molecule is CNCCCCN1CCN(c2cccc(Cl)c2)CC1. The molecule has 3 nitrogen and oxygen atoms in total. The third-order valence-electron chi connectivity index (χ3n) is 3.70. The first kappa shape index (κ1) is 14.6. The summed E-state index contributed by atoms with van der Waals surface area (Å²) >= 11 is 6.05. The second-order valence-electron chi connectivity index (χ2n) is 5.12. The molecule has 0 atom stereocenters. The van der Waals surface area contributed by atoms with Crippen LogP contribution >= 0.6 is 11.6 Å². The number of hydrogen-bond acceptors (Lipinski definition) is 3. The second kappa shape index (κ2) is 7.73. The highest BCUT2D eigenvalue weighted by Crippen LogP contribution is 2.20. The lowest BCUT2D eigenvalue weighted by molar-refractivity contribution is 0.253. The van der Waals surface area contributed by atoms with E-state index in [9.17, 15) is 0 Å². The molecule has 4 heteroatoms. The van der Waals surface area contributed by atoms with E-state index in [-0.39, 0.29) is 0 Å². The molecule has 1 fully saturated rings. The van der Waals surface area contributed by atoms with Gasteiger partial charge in [0, 0.05) is 36.9 Å². The Morgan fingerprint density at radius 3 is 2.63 bits per heavy atom. The fourth-order valence-electron chi connectivity index (χ4n) is 2.54. The number of piperazine rings is 1. The van der Waals surface area contributed by atoms with Crippen molar-refractivity contribution in [3.8, 4) is 0 Å². The summed E-state index contributed by atoms with van der Waals surface area (Å²) in [6.07, 6.45) is 2.56. The molecule has 106 valence electrons. The Morgan fingerprint density at radius 1 is 1.16 bits per heavy atom. The average molecular weight is 282 g/mol. The van der Waals surface area contributed by atoms with Crippen LogP contribution in [-0.4, -0.2) is 51.2 Å². The fourth-order valence-corrected chi connectivity index (χ4v) is 2.72. The molecule has 0 amide bonds. The van der Waals surface area contributed by atoms with E-state index in [1.54, 1.807) is 0 Å². The molecule has 0 radical (unpaired) electrons. The molecule has 0 spiro atoms. The van der Waals surface area contributed by atoms with Crippen LogP contribution in [0.25, 0.3) is 0 Å². The van der Waals surface area contributed by atoms with Gasteiger partial charge in [-0.1, -0.05) is 17.7 Å². The molecule has 0 aliphatic carbocycles. The molecule has 1 aromatic carbocycles. The van der Waals surface area contributed by atoms with Crippen molar-refractivity contribution >= 4 is 17.3 Å². The van der Waals surface area contributed by atoms with Crippen LogP contribution in [0.15, 0.2) is 24.3 Å². The summed E-state index contributed by atoms with van der Waals surface area (Å²) in [7, 11) is 2.02. The molecule has 0 aromatic heterocycles. The summed E-state index contributed by atoms with van der Waals surface area (Å²) in [5.74, 6) is 0. The smallest absolute Gasteiger partial charge is 0.0426 e. The molecular formula is C15H24ClN3. The van der Waals surface area contributed by atoms with Gasteiger partial charge in [0.25, 0.3) is 0 Å². The highest BCUT2D eigenvalue weighted by molar-refractivity contribution is 6.30. The van der Waals surface area contributed by atoms with Gasteiger partial charge >= 0.3 is 0 Å². The maximum absolute atomic E-state index is 6.05. The van der Waals surface area contributed by atoms with Gasteiger partial charge in [-0.3, -0.25) is 4.90 Å². The number of nitrogens with zero attached hydrogens (tertiary/aromatic N) is 2. The molecule has 1 N–H and O–H groups in total. The highest BCUT2D eigenvalue weighted by atomic mass is 35.5. The molecule has 1 aromatic rings. The number of hydrogen-bond donors (Lipinski definition) is 1. The number of unbranched alkanes of at least 4 members (excludes halogenated alkanes) is 1. The zero-order valence-corrected chi connectivity index (χ0v) is 12.5. The summed E-state index contributed by atoms with van der Waals surface area (Å²) in [6, 6.07) is 8.17. The van der Waals surface area contributed by atoms with Gasteiger partial charge in [-0.2, -0.15) is 0 Å². The minimum atomic E-state index is 0.826. The van der Waals surface area contributed by atoms with Crippen molar-refractivity contribution in [1.82, 2.24) is 10.2 Å². The lowest BCUT2D eigenvalue weighted by Gasteiger charge is -2.36. The Kier molecular flexibility index (Phi) is 5.95. The van der Waals surface area contributed by atoms with E-state index in [0.717, 1.165) is 37.7 Å². The van der Waals surface area contributed by atoms with Crippen molar-refractivity contribution in [2.24, 2.45) is 0 Å². The van der Waals surface area contributed by atoms with E-state index in [1.165, 1.54) is 25.1 Å². The number of nitrogens with one attached hydrogen (secondary N) is 1. The van der Waals surface area contributed by atoms with Crippen molar-refractivity contribution in [2.45, 2.75) is 12.8 Å². The Balaban J connectivity index is 1.73. The van der Waals surface area contributed by atoms with Gasteiger partial charge in [0.2, 0.25) is 0 Å². The zero-order chi connectivity index (χ0) is 13.5. The van der Waals surface area contributed by atoms with Crippen molar-refractivity contribution in [3.05, 3.63) is 29.3 Å². The molecular weight excluding hydrogens is 258 g/mol. The van der Waals surface area contributed by atoms with Gasteiger partial charge in [-0.15, -0.1) is 0 Å². The molecule has 19 heavy (non-hydrogen) atoms. The lowest BCUT2D eigenvalue weighted by Crippen LogP contribution is -2.46. The number of rotatable bonds is 6. The Labute approximate surface area is 121 Å². The summed E-state index contributed by atoms with van der Waals surface area (Å²) in [5, 5.41) is 4.03. The first-order valence-electron chi connectivity index (χ1n) is 7.17. The van der Waals surface area contributed by atoms with Crippen LogP contribution in [0.1, 0.15) is 12.8 Å². The molecule has 1 heterocycles. The molecule has 1 saturated heterocycles. The lowest BCUT2D eigenvalue weighted by atomic mass is 10.2. The molecule has 0 bridgehead atoms. The fraction of sp³-hybridized carbons (Fsp3) is 0.600. The third kappa shape index (κ3) is 4.68. The van der Waals surface area contributed by atoms with Crippen LogP contribution in [0, 0.1) is 0 Å². The quantitative estimate of drug-likeness (QED) is 0.808. The Bertz CT molecular complexity index is 375. The monoisotopic (exact) mass is 281 g/mol. The summed E-state index contributed by atoms with van der Waals surface area (Å²) in [5.41, 5.74) is 1.25. The highest BCUT2D eigenvalue weighted by Gasteiger charge is 2.16. The van der Waals surface area contributed by atoms with Crippen LogP contribution < -0.4 is 10.2 Å². The maximum Gasteiger partial charge on any atom is 0.0426 e. The van der Waals surface area contributed by atoms with Gasteiger partial charge in [-0.05, 0) is 51.2 Å². The van der Waals surface area contributed by atoms with Gasteiger partial charge in [-0.25, -0.2) is 0 Å². The van der Waals surface area contributed by atoms with E-state index in [2.05, 4.69) is 27.2 Å². The number of benzene rings is 1. The second-order valence-corrected chi connectivity index (χ2v) is 5.56. The van der Waals surface area contributed by atoms with Crippen LogP contribution in [0.5, 0.6) is 0 Å². The molecule has 2 rings (SSSR count). The van der Waals surface area contributed by atoms with E-state index in [1.807, 2.05) is 19.2 Å². The largest absolute Gasteiger partial charge is 0.369 e.